The summed E-state index contributed by atoms with van der Waals surface area (Å²) < 4.78 is 0. The number of carbonyl (C=O) groups excluding carboxylic acids is 2. The number of carbonyl (C=O) groups is 2. The number of nitrogens with one attached hydrogen (secondary N) is 1. The average Bonchev–Trinajstić information content (AvgIpc) is 2.56. The number of anilines is 1. The Morgan fingerprint density at radius 2 is 2.24 bits per heavy atom. The van der Waals surface area contributed by atoms with Gasteiger partial charge in [-0.15, -0.1) is 0 Å². The molecular weight excluding hydrogens is 220 g/mol. The predicted molar refractivity (Wildman–Crippen MR) is 62.4 cm³/mol. The topological polar surface area (TPSA) is 65.5 Å². The van der Waals surface area contributed by atoms with Gasteiger partial charge in [-0.1, -0.05) is 0 Å². The van der Waals surface area contributed by atoms with Gasteiger partial charge >= 0.3 is 6.03 Å². The Kier molecular flexibility index (Phi) is 2.95. The van der Waals surface area contributed by atoms with Crippen LogP contribution < -0.4 is 5.32 Å². The Bertz CT molecular complexity index is 461. The number of pyridine rings is 1. The summed E-state index contributed by atoms with van der Waals surface area (Å²) in [5.41, 5.74) is 0.876. The highest BCUT2D eigenvalue weighted by Crippen LogP contribution is 2.14. The fourth-order valence-corrected chi connectivity index (χ4v) is 1.72. The van der Waals surface area contributed by atoms with Crippen LogP contribution in [0.25, 0.3) is 0 Å². The van der Waals surface area contributed by atoms with Crippen LogP contribution in [0.1, 0.15) is 5.56 Å². The van der Waals surface area contributed by atoms with E-state index >= 15 is 0 Å². The summed E-state index contributed by atoms with van der Waals surface area (Å²) in [5, 5.41) is 2.91. The molecule has 0 radical (unpaired) electrons. The van der Waals surface area contributed by atoms with Gasteiger partial charge in [-0.3, -0.25) is 9.69 Å². The Hall–Kier alpha value is -2.11. The van der Waals surface area contributed by atoms with Crippen molar-refractivity contribution < 1.29 is 9.59 Å². The van der Waals surface area contributed by atoms with E-state index in [0.29, 0.717) is 6.54 Å². The average molecular weight is 234 g/mol. The number of hydrogen-bond donors (Lipinski definition) is 1. The van der Waals surface area contributed by atoms with Crippen molar-refractivity contribution in [2.75, 3.05) is 26.0 Å². The van der Waals surface area contributed by atoms with Gasteiger partial charge in [0.05, 0.1) is 6.54 Å². The summed E-state index contributed by atoms with van der Waals surface area (Å²) in [5.74, 6) is 0.551. The fourth-order valence-electron chi connectivity index (χ4n) is 1.72. The van der Waals surface area contributed by atoms with Gasteiger partial charge in [0.15, 0.2) is 0 Å². The Morgan fingerprint density at radius 1 is 1.47 bits per heavy atom. The zero-order chi connectivity index (χ0) is 12.4. The maximum atomic E-state index is 11.7. The Balaban J connectivity index is 2.15. The number of rotatable bonds is 3. The molecular formula is C11H14N4O2. The van der Waals surface area contributed by atoms with Gasteiger partial charge in [0.1, 0.15) is 12.4 Å². The molecule has 2 heterocycles. The minimum absolute atomic E-state index is 0.156. The van der Waals surface area contributed by atoms with Crippen LogP contribution >= 0.6 is 0 Å². The van der Waals surface area contributed by atoms with Crippen molar-refractivity contribution in [3.63, 3.8) is 0 Å². The lowest BCUT2D eigenvalue weighted by atomic mass is 10.2. The van der Waals surface area contributed by atoms with Crippen molar-refractivity contribution >= 4 is 17.8 Å². The molecule has 1 aliphatic heterocycles. The smallest absolute Gasteiger partial charge is 0.327 e. The SMILES string of the molecule is CNc1cc(CN2C(=O)CN(C)C2=O)ccn1. The van der Waals surface area contributed by atoms with Crippen LogP contribution in [0.2, 0.25) is 0 Å². The van der Waals surface area contributed by atoms with Crippen molar-refractivity contribution in [2.24, 2.45) is 0 Å². The van der Waals surface area contributed by atoms with Crippen LogP contribution in [0.15, 0.2) is 18.3 Å². The van der Waals surface area contributed by atoms with E-state index in [1.54, 1.807) is 26.4 Å². The highest BCUT2D eigenvalue weighted by atomic mass is 16.2. The van der Waals surface area contributed by atoms with Crippen LogP contribution in [0.5, 0.6) is 0 Å². The third kappa shape index (κ3) is 2.20. The standard InChI is InChI=1S/C11H14N4O2/c1-12-9-5-8(3-4-13-9)6-15-10(16)7-14(2)11(15)17/h3-5H,6-7H2,1-2H3,(H,12,13). The van der Waals surface area contributed by atoms with Crippen LogP contribution in [0, 0.1) is 0 Å². The van der Waals surface area contributed by atoms with Gasteiger partial charge in [0, 0.05) is 20.3 Å². The van der Waals surface area contributed by atoms with Crippen molar-refractivity contribution in [1.82, 2.24) is 14.8 Å². The molecule has 3 amide bonds. The first-order chi connectivity index (χ1) is 8.11. The maximum absolute atomic E-state index is 11.7. The summed E-state index contributed by atoms with van der Waals surface area (Å²) >= 11 is 0. The van der Waals surface area contributed by atoms with Gasteiger partial charge in [-0.25, -0.2) is 9.78 Å². The summed E-state index contributed by atoms with van der Waals surface area (Å²) in [6.07, 6.45) is 1.65. The van der Waals surface area contributed by atoms with Crippen LogP contribution in [-0.2, 0) is 11.3 Å². The molecule has 1 fully saturated rings. The van der Waals surface area contributed by atoms with Crippen molar-refractivity contribution in [3.8, 4) is 0 Å². The van der Waals surface area contributed by atoms with Crippen molar-refractivity contribution in [1.29, 1.82) is 0 Å². The van der Waals surface area contributed by atoms with Crippen molar-refractivity contribution in [2.45, 2.75) is 6.54 Å². The Labute approximate surface area is 99.2 Å². The molecule has 6 heteroatoms. The number of urea groups is 1. The van der Waals surface area contributed by atoms with Crippen LogP contribution in [0.4, 0.5) is 10.6 Å². The third-order valence-corrected chi connectivity index (χ3v) is 2.65. The molecule has 0 unspecified atom stereocenters. The van der Waals surface area contributed by atoms with E-state index in [0.717, 1.165) is 11.4 Å². The molecule has 6 nitrogen and oxygen atoms in total. The lowest BCUT2D eigenvalue weighted by Crippen LogP contribution is -2.31. The minimum Gasteiger partial charge on any atom is -0.373 e. The second-order valence-electron chi connectivity index (χ2n) is 3.92. The second-order valence-corrected chi connectivity index (χ2v) is 3.92. The Morgan fingerprint density at radius 3 is 2.82 bits per heavy atom. The van der Waals surface area contributed by atoms with Gasteiger partial charge in [0.2, 0.25) is 0 Å². The zero-order valence-corrected chi connectivity index (χ0v) is 9.80. The molecule has 0 spiro atoms. The summed E-state index contributed by atoms with van der Waals surface area (Å²) in [6, 6.07) is 3.36. The number of nitrogens with zero attached hydrogens (tertiary/aromatic N) is 3. The molecule has 1 aromatic rings. The monoisotopic (exact) mass is 234 g/mol. The summed E-state index contributed by atoms with van der Waals surface area (Å²) in [7, 11) is 3.39. The third-order valence-electron chi connectivity index (χ3n) is 2.65. The lowest BCUT2D eigenvalue weighted by Gasteiger charge is -2.14. The van der Waals surface area contributed by atoms with Gasteiger partial charge in [-0.05, 0) is 17.7 Å². The van der Waals surface area contributed by atoms with E-state index in [1.165, 1.54) is 9.80 Å². The first-order valence-electron chi connectivity index (χ1n) is 5.30. The number of likely N-dealkylation sites (N-methyl/N-ethyl adjacent to an activating group) is 1. The number of imide groups is 1. The van der Waals surface area contributed by atoms with Crippen molar-refractivity contribution in [3.05, 3.63) is 23.9 Å². The number of hydrogen-bond acceptors (Lipinski definition) is 4. The highest BCUT2D eigenvalue weighted by molar-refractivity contribution is 6.01. The zero-order valence-electron chi connectivity index (χ0n) is 9.80. The summed E-state index contributed by atoms with van der Waals surface area (Å²) in [6.45, 7) is 0.446. The van der Waals surface area contributed by atoms with E-state index in [9.17, 15) is 9.59 Å². The molecule has 0 aromatic carbocycles. The summed E-state index contributed by atoms with van der Waals surface area (Å²) in [4.78, 5) is 30.0. The molecule has 1 N–H and O–H groups in total. The molecule has 0 aliphatic carbocycles. The van der Waals surface area contributed by atoms with Crippen LogP contribution in [0.3, 0.4) is 0 Å². The fraction of sp³-hybridized carbons (Fsp3) is 0.364. The minimum atomic E-state index is -0.252. The molecule has 0 saturated carbocycles. The van der Waals surface area contributed by atoms with E-state index in [4.69, 9.17) is 0 Å². The molecule has 0 bridgehead atoms. The highest BCUT2D eigenvalue weighted by Gasteiger charge is 2.33. The maximum Gasteiger partial charge on any atom is 0.327 e. The lowest BCUT2D eigenvalue weighted by molar-refractivity contribution is -0.125. The number of aromatic nitrogens is 1. The first-order valence-corrected chi connectivity index (χ1v) is 5.30. The molecule has 1 saturated heterocycles. The second kappa shape index (κ2) is 4.40. The van der Waals surface area contributed by atoms with E-state index in [1.807, 2.05) is 6.07 Å². The van der Waals surface area contributed by atoms with E-state index in [2.05, 4.69) is 10.3 Å². The molecule has 2 rings (SSSR count). The van der Waals surface area contributed by atoms with Gasteiger partial charge < -0.3 is 10.2 Å². The molecule has 1 aliphatic rings. The van der Waals surface area contributed by atoms with Gasteiger partial charge in [0.25, 0.3) is 5.91 Å². The van der Waals surface area contributed by atoms with Crippen LogP contribution in [-0.4, -0.2) is 47.4 Å². The predicted octanol–water partition coefficient (Wildman–Crippen LogP) is 0.517. The molecule has 90 valence electrons. The normalized spacial score (nSPS) is 15.6. The largest absolute Gasteiger partial charge is 0.373 e. The number of amides is 3. The van der Waals surface area contributed by atoms with Gasteiger partial charge in [-0.2, -0.15) is 0 Å². The van der Waals surface area contributed by atoms with E-state index in [-0.39, 0.29) is 18.5 Å². The molecule has 1 aromatic heterocycles. The van der Waals surface area contributed by atoms with E-state index < -0.39 is 0 Å². The molecule has 17 heavy (non-hydrogen) atoms. The molecule has 0 atom stereocenters. The quantitative estimate of drug-likeness (QED) is 0.774. The first kappa shape index (κ1) is 11.4.